The number of hydrogen-bond donors (Lipinski definition) is 1. The van der Waals surface area contributed by atoms with Gasteiger partial charge in [-0.15, -0.1) is 0 Å². The first-order chi connectivity index (χ1) is 30.2. The number of rotatable bonds is 25. The Balaban J connectivity index is 0.00000456. The van der Waals surface area contributed by atoms with Crippen LogP contribution in [0.4, 0.5) is 0 Å². The fraction of sp³-hybridized carbons (Fsp3) is 0.680. The predicted molar refractivity (Wildman–Crippen MR) is 245 cm³/mol. The van der Waals surface area contributed by atoms with Gasteiger partial charge in [0.2, 0.25) is 23.6 Å². The molecule has 0 aliphatic carbocycles. The molecule has 1 N–H and O–H groups in total. The molecule has 0 radical (unpaired) electrons. The van der Waals surface area contributed by atoms with Crippen molar-refractivity contribution in [3.05, 3.63) is 48.0 Å². The molecule has 2 heterocycles. The number of ketones is 1. The summed E-state index contributed by atoms with van der Waals surface area (Å²) in [5.74, 6) is -2.29. The van der Waals surface area contributed by atoms with E-state index in [0.717, 1.165) is 25.7 Å². The van der Waals surface area contributed by atoms with Crippen molar-refractivity contribution < 1.29 is 43.2 Å². The molecular weight excluding hydrogens is 815 g/mol. The Morgan fingerprint density at radius 3 is 1.98 bits per heavy atom. The van der Waals surface area contributed by atoms with Gasteiger partial charge in [-0.2, -0.15) is 9.59 Å². The number of nitrogens with zero attached hydrogens (tertiary/aromatic N) is 4. The van der Waals surface area contributed by atoms with Crippen molar-refractivity contribution in [3.8, 4) is 0 Å². The van der Waals surface area contributed by atoms with Crippen LogP contribution in [0.25, 0.3) is 0 Å². The molecule has 14 heteroatoms. The summed E-state index contributed by atoms with van der Waals surface area (Å²) in [5, 5.41) is 3.10. The van der Waals surface area contributed by atoms with Crippen LogP contribution < -0.4 is 5.32 Å². The van der Waals surface area contributed by atoms with Gasteiger partial charge in [0.1, 0.15) is 0 Å². The van der Waals surface area contributed by atoms with Crippen LogP contribution in [0.1, 0.15) is 126 Å². The predicted octanol–water partition coefficient (Wildman–Crippen LogP) is 6.12. The van der Waals surface area contributed by atoms with E-state index in [9.17, 15) is 33.6 Å². The largest absolute Gasteiger partial charge is 0.373 e. The average molecular weight is 892 g/mol. The fourth-order valence-corrected chi connectivity index (χ4v) is 9.53. The highest BCUT2D eigenvalue weighted by atomic mass is 16.2. The van der Waals surface area contributed by atoms with Gasteiger partial charge in [-0.1, -0.05) is 105 Å². The lowest BCUT2D eigenvalue weighted by Gasteiger charge is -2.40. The van der Waals surface area contributed by atoms with Crippen molar-refractivity contribution in [3.63, 3.8) is 0 Å². The molecule has 3 rings (SSSR count). The maximum absolute atomic E-state index is 14.5. The molecule has 1 fully saturated rings. The maximum atomic E-state index is 14.5. The quantitative estimate of drug-likeness (QED) is 0.0894. The summed E-state index contributed by atoms with van der Waals surface area (Å²) in [6.07, 6.45) is 8.38. The van der Waals surface area contributed by atoms with Gasteiger partial charge in [-0.05, 0) is 67.3 Å². The van der Waals surface area contributed by atoms with Gasteiger partial charge < -0.3 is 20.0 Å². The second-order valence-corrected chi connectivity index (χ2v) is 18.7. The highest BCUT2D eigenvalue weighted by molar-refractivity contribution is 6.12. The smallest absolute Gasteiger partial charge is 0.356 e. The van der Waals surface area contributed by atoms with Gasteiger partial charge in [-0.25, -0.2) is 0 Å². The zero-order valence-electron chi connectivity index (χ0n) is 40.5. The zero-order chi connectivity index (χ0) is 48.3. The first-order valence-electron chi connectivity index (χ1n) is 23.4. The summed E-state index contributed by atoms with van der Waals surface area (Å²) < 4.78 is 0. The first-order valence-corrected chi connectivity index (χ1v) is 23.4. The summed E-state index contributed by atoms with van der Waals surface area (Å²) >= 11 is 0. The van der Waals surface area contributed by atoms with Crippen LogP contribution in [0.2, 0.25) is 0 Å². The monoisotopic (exact) mass is 892 g/mol. The molecule has 64 heavy (non-hydrogen) atoms. The number of carbonyl (C=O) groups excluding carboxylic acids is 9. The van der Waals surface area contributed by atoms with E-state index < -0.39 is 12.0 Å². The van der Waals surface area contributed by atoms with Crippen molar-refractivity contribution in [2.24, 2.45) is 41.4 Å². The van der Waals surface area contributed by atoms with Crippen molar-refractivity contribution >= 4 is 47.4 Å². The Kier molecular flexibility index (Phi) is 23.6. The standard InChI is InChI=1S/C49H77N5O7.CO2/c1-12-34(6)47(35(7)30-45(59)53-29-19-22-40(53)36(8)37(9)48(60)50-27-26-38-20-15-13-16-21-38)52(11)49(61)39(32(2)3)31-41(55)46(33(4)5)51(10)42(56)23-17-14-18-28-54-43(57)24-25-44(54)58;2-1-3/h13,15-16,20-21,24-25,32-37,39-40,46-47H,12,14,17-19,22-23,26-31H2,1-11H3,(H,50,60);/t34-,35+,36+,37+,39?,40-,46?,47-;/m0./s1. The zero-order valence-corrected chi connectivity index (χ0v) is 40.5. The SMILES string of the molecule is CC[C@H](C)[C@@H]([C@H](C)CC(=O)N1CCC[C@H]1[C@H](C)[C@@H](C)C(=O)NCCc1ccccc1)N(C)C(=O)C(CC(=O)C(C(C)C)N(C)C(=O)CCCCCN1C(=O)C=CC1=O)C(C)C.O=C=O. The molecule has 2 aliphatic heterocycles. The number of benzene rings is 1. The summed E-state index contributed by atoms with van der Waals surface area (Å²) in [4.78, 5) is 116. The van der Waals surface area contributed by atoms with Crippen molar-refractivity contribution in [2.45, 2.75) is 145 Å². The van der Waals surface area contributed by atoms with Gasteiger partial charge >= 0.3 is 6.15 Å². The van der Waals surface area contributed by atoms with Crippen LogP contribution in [0.15, 0.2) is 42.5 Å². The van der Waals surface area contributed by atoms with Crippen LogP contribution in [-0.2, 0) is 49.6 Å². The molecule has 0 spiro atoms. The topological polar surface area (TPSA) is 179 Å². The third-order valence-corrected chi connectivity index (χ3v) is 13.6. The maximum Gasteiger partial charge on any atom is 0.373 e. The van der Waals surface area contributed by atoms with Crippen molar-refractivity contribution in [2.75, 3.05) is 33.7 Å². The lowest BCUT2D eigenvalue weighted by molar-refractivity contribution is -0.192. The van der Waals surface area contributed by atoms with Gasteiger partial charge in [0.05, 0.1) is 6.04 Å². The number of nitrogens with one attached hydrogen (secondary N) is 1. The van der Waals surface area contributed by atoms with Gasteiger partial charge in [0.25, 0.3) is 11.8 Å². The summed E-state index contributed by atoms with van der Waals surface area (Å²) in [6, 6.07) is 9.10. The third kappa shape index (κ3) is 15.9. The Bertz CT molecular complexity index is 1760. The molecular formula is C50H77N5O9. The molecule has 0 bridgehead atoms. The average Bonchev–Trinajstić information content (AvgIpc) is 3.88. The van der Waals surface area contributed by atoms with Crippen LogP contribution in [0, 0.1) is 41.4 Å². The lowest BCUT2D eigenvalue weighted by Crippen LogP contribution is -2.51. The number of likely N-dealkylation sites (N-methyl/N-ethyl adjacent to an activating group) is 1. The molecule has 14 nitrogen and oxygen atoms in total. The lowest BCUT2D eigenvalue weighted by atomic mass is 9.81. The minimum atomic E-state index is -0.696. The second kappa shape index (κ2) is 27.4. The third-order valence-electron chi connectivity index (χ3n) is 13.6. The van der Waals surface area contributed by atoms with Gasteiger partial charge in [0, 0.05) is 89.1 Å². The Morgan fingerprint density at radius 2 is 1.42 bits per heavy atom. The molecule has 356 valence electrons. The highest BCUT2D eigenvalue weighted by Gasteiger charge is 2.41. The summed E-state index contributed by atoms with van der Waals surface area (Å²) in [5.41, 5.74) is 1.17. The van der Waals surface area contributed by atoms with E-state index in [1.54, 1.807) is 19.0 Å². The van der Waals surface area contributed by atoms with E-state index in [4.69, 9.17) is 9.59 Å². The number of likely N-dealkylation sites (tertiary alicyclic amines) is 1. The summed E-state index contributed by atoms with van der Waals surface area (Å²) in [6.45, 7) is 19.5. The number of amides is 6. The molecule has 1 aromatic carbocycles. The molecule has 0 saturated carbocycles. The number of imide groups is 1. The van der Waals surface area contributed by atoms with Crippen LogP contribution in [0.3, 0.4) is 0 Å². The minimum absolute atomic E-state index is 0.000858. The number of hydrogen-bond acceptors (Lipinski definition) is 9. The molecule has 1 aromatic rings. The minimum Gasteiger partial charge on any atom is -0.356 e. The van der Waals surface area contributed by atoms with E-state index in [1.807, 2.05) is 64.6 Å². The Labute approximate surface area is 382 Å². The van der Waals surface area contributed by atoms with E-state index in [0.29, 0.717) is 38.9 Å². The number of carbonyl (C=O) groups is 7. The molecule has 1 saturated heterocycles. The van der Waals surface area contributed by atoms with Crippen LogP contribution in [0.5, 0.6) is 0 Å². The van der Waals surface area contributed by atoms with Crippen molar-refractivity contribution in [1.29, 1.82) is 0 Å². The molecule has 2 aliphatic rings. The molecule has 8 atom stereocenters. The normalized spacial score (nSPS) is 18.0. The molecule has 0 aromatic heterocycles. The first kappa shape index (κ1) is 55.2. The second-order valence-electron chi connectivity index (χ2n) is 18.7. The highest BCUT2D eigenvalue weighted by Crippen LogP contribution is 2.33. The fourth-order valence-electron chi connectivity index (χ4n) is 9.53. The van der Waals surface area contributed by atoms with Crippen LogP contribution >= 0.6 is 0 Å². The molecule has 6 amide bonds. The Morgan fingerprint density at radius 1 is 0.812 bits per heavy atom. The number of Topliss-reactive ketones (excluding diaryl/α,β-unsaturated/α-hetero) is 1. The Hall–Kier alpha value is -4.97. The van der Waals surface area contributed by atoms with Gasteiger partial charge in [-0.3, -0.25) is 38.5 Å². The van der Waals surface area contributed by atoms with E-state index in [1.165, 1.54) is 27.5 Å². The van der Waals surface area contributed by atoms with Gasteiger partial charge in [0.15, 0.2) is 5.78 Å². The van der Waals surface area contributed by atoms with Crippen molar-refractivity contribution in [1.82, 2.24) is 24.9 Å². The number of unbranched alkanes of at least 4 members (excludes halogenated alkanes) is 2. The summed E-state index contributed by atoms with van der Waals surface area (Å²) in [7, 11) is 3.46. The van der Waals surface area contributed by atoms with E-state index in [-0.39, 0.29) is 114 Å². The van der Waals surface area contributed by atoms with E-state index in [2.05, 4.69) is 38.2 Å². The van der Waals surface area contributed by atoms with Crippen LogP contribution in [-0.4, -0.2) is 119 Å². The van der Waals surface area contributed by atoms with E-state index >= 15 is 0 Å². The molecule has 2 unspecified atom stereocenters.